The number of anilines is 4. The van der Waals surface area contributed by atoms with Gasteiger partial charge >= 0.3 is 12.2 Å². The van der Waals surface area contributed by atoms with Gasteiger partial charge in [0.15, 0.2) is 5.60 Å². The molecule has 4 aromatic rings. The Kier molecular flexibility index (Phi) is 17.2. The monoisotopic (exact) mass is 880 g/mol. The summed E-state index contributed by atoms with van der Waals surface area (Å²) in [5.74, 6) is -1.19. The smallest absolute Gasteiger partial charge is 0.412 e. The first-order valence-corrected chi connectivity index (χ1v) is 18.8. The molecule has 4 aromatic heterocycles. The van der Waals surface area contributed by atoms with Crippen LogP contribution in [0.5, 0.6) is 0 Å². The van der Waals surface area contributed by atoms with Crippen LogP contribution in [0.15, 0.2) is 49.3 Å². The van der Waals surface area contributed by atoms with E-state index in [0.29, 0.717) is 39.6 Å². The fourth-order valence-corrected chi connectivity index (χ4v) is 4.43. The van der Waals surface area contributed by atoms with E-state index in [4.69, 9.17) is 20.0 Å². The Morgan fingerprint density at radius 2 is 1.19 bits per heavy atom. The van der Waals surface area contributed by atoms with E-state index in [0.717, 1.165) is 0 Å². The number of aliphatic hydroxyl groups is 2. The van der Waals surface area contributed by atoms with Crippen LogP contribution in [-0.4, -0.2) is 91.9 Å². The van der Waals surface area contributed by atoms with E-state index in [-0.39, 0.29) is 17.6 Å². The molecule has 0 aromatic carbocycles. The van der Waals surface area contributed by atoms with Crippen molar-refractivity contribution in [2.45, 2.75) is 98.2 Å². The van der Waals surface area contributed by atoms with Gasteiger partial charge in [-0.05, 0) is 92.5 Å². The average Bonchev–Trinajstić information content (AvgIpc) is 3.79. The van der Waals surface area contributed by atoms with Crippen LogP contribution >= 0.6 is 15.9 Å². The summed E-state index contributed by atoms with van der Waals surface area (Å²) < 4.78 is 11.5. The van der Waals surface area contributed by atoms with Crippen LogP contribution in [0.2, 0.25) is 0 Å². The third kappa shape index (κ3) is 17.3. The van der Waals surface area contributed by atoms with Crippen molar-refractivity contribution < 1.29 is 38.9 Å². The number of nitrogens with one attached hydrogen (secondary N) is 5. The summed E-state index contributed by atoms with van der Waals surface area (Å²) in [6.07, 6.45) is 7.54. The van der Waals surface area contributed by atoms with Crippen molar-refractivity contribution in [2.24, 2.45) is 0 Å². The Labute approximate surface area is 349 Å². The van der Waals surface area contributed by atoms with Gasteiger partial charge in [-0.25, -0.2) is 19.6 Å². The molecule has 0 fully saturated rings. The number of rotatable bonds is 9. The van der Waals surface area contributed by atoms with Gasteiger partial charge in [-0.1, -0.05) is 15.9 Å². The molecule has 4 heterocycles. The lowest BCUT2D eigenvalue weighted by atomic mass is 10.1. The van der Waals surface area contributed by atoms with Crippen molar-refractivity contribution in [1.82, 2.24) is 29.9 Å². The standard InChI is InChI=1S/C19H24N6O4.C11H12BrN3O2.C8H13N3O2/c1-12-6-13(8-21-15(12)7-20)23-16(26)19(5,28)11-25-10-14(9-22-25)24-17(27)29-18(2,3)4;1-7-3-8(5-14-9(7)4-13)15-10(16)11(2,17)6-12;1-8(2,3)13-7(12)11-6-4-9-10-5-6/h6,8-10,28H,11H2,1-5H3,(H,23,26)(H,24,27);3,5,17H,6H2,1-2H3,(H,15,16);4-5H,1-3H3,(H,9,10)(H,11,12)/t19-;11-;/m00./s1. The van der Waals surface area contributed by atoms with Crippen LogP contribution in [0.3, 0.4) is 0 Å². The second kappa shape index (κ2) is 20.8. The number of aromatic amines is 1. The number of aryl methyl sites for hydroxylation is 2. The minimum Gasteiger partial charge on any atom is -0.444 e. The molecule has 0 spiro atoms. The van der Waals surface area contributed by atoms with Crippen molar-refractivity contribution in [3.05, 3.63) is 71.8 Å². The summed E-state index contributed by atoms with van der Waals surface area (Å²) >= 11 is 3.05. The third-order valence-electron chi connectivity index (χ3n) is 7.01. The average molecular weight is 882 g/mol. The van der Waals surface area contributed by atoms with Crippen LogP contribution in [0.25, 0.3) is 0 Å². The minimum atomic E-state index is -1.79. The number of hydrogen-bond donors (Lipinski definition) is 7. The number of amides is 4. The lowest BCUT2D eigenvalue weighted by Gasteiger charge is -2.22. The first-order valence-electron chi connectivity index (χ1n) is 17.7. The third-order valence-corrected chi connectivity index (χ3v) is 8.11. The Morgan fingerprint density at radius 3 is 1.58 bits per heavy atom. The fourth-order valence-electron chi connectivity index (χ4n) is 4.18. The van der Waals surface area contributed by atoms with E-state index < -0.39 is 46.4 Å². The van der Waals surface area contributed by atoms with Gasteiger partial charge < -0.3 is 30.3 Å². The highest BCUT2D eigenvalue weighted by molar-refractivity contribution is 9.09. The van der Waals surface area contributed by atoms with Gasteiger partial charge in [0, 0.05) is 17.7 Å². The van der Waals surface area contributed by atoms with Crippen LogP contribution in [-0.2, 0) is 25.6 Å². The maximum absolute atomic E-state index is 12.5. The molecule has 59 heavy (non-hydrogen) atoms. The quantitative estimate of drug-likeness (QED) is 0.105. The summed E-state index contributed by atoms with van der Waals surface area (Å²) in [7, 11) is 0. The van der Waals surface area contributed by atoms with Gasteiger partial charge in [-0.2, -0.15) is 20.7 Å². The molecule has 0 unspecified atom stereocenters. The van der Waals surface area contributed by atoms with E-state index in [9.17, 15) is 29.4 Å². The first-order chi connectivity index (χ1) is 27.3. The zero-order valence-corrected chi connectivity index (χ0v) is 36.0. The summed E-state index contributed by atoms with van der Waals surface area (Å²) in [5, 5.41) is 58.4. The van der Waals surface area contributed by atoms with Gasteiger partial charge in [-0.15, -0.1) is 0 Å². The van der Waals surface area contributed by atoms with E-state index >= 15 is 0 Å². The molecule has 4 amide bonds. The minimum absolute atomic E-state index is 0.133. The van der Waals surface area contributed by atoms with E-state index in [1.54, 1.807) is 52.9 Å². The molecule has 0 saturated heterocycles. The highest BCUT2D eigenvalue weighted by atomic mass is 79.9. The Morgan fingerprint density at radius 1 is 0.729 bits per heavy atom. The predicted octanol–water partition coefficient (Wildman–Crippen LogP) is 5.30. The van der Waals surface area contributed by atoms with Gasteiger partial charge in [0.1, 0.15) is 40.3 Å². The molecule has 0 saturated carbocycles. The van der Waals surface area contributed by atoms with Crippen LogP contribution in [0.4, 0.5) is 32.3 Å². The van der Waals surface area contributed by atoms with Gasteiger partial charge in [0.25, 0.3) is 11.8 Å². The molecular weight excluding hydrogens is 832 g/mol. The Bertz CT molecular complexity index is 2160. The molecule has 2 atom stereocenters. The Balaban J connectivity index is 0.000000337. The normalized spacial score (nSPS) is 12.8. The molecule has 21 heteroatoms. The summed E-state index contributed by atoms with van der Waals surface area (Å²) in [4.78, 5) is 54.9. The number of hydrogen-bond acceptors (Lipinski definition) is 14. The number of nitrogens with zero attached hydrogens (tertiary/aromatic N) is 7. The van der Waals surface area contributed by atoms with Gasteiger partial charge in [-0.3, -0.25) is 30.0 Å². The number of alkyl halides is 1. The number of pyridine rings is 2. The Hall–Kier alpha value is -6.42. The topological polar surface area (TPSA) is 295 Å². The molecule has 4 rings (SSSR count). The van der Waals surface area contributed by atoms with E-state index in [1.807, 2.05) is 32.9 Å². The number of carbonyl (C=O) groups excluding carboxylic acids is 4. The van der Waals surface area contributed by atoms with Crippen molar-refractivity contribution in [1.29, 1.82) is 10.5 Å². The summed E-state index contributed by atoms with van der Waals surface area (Å²) in [5.41, 5.74) is -0.776. The molecule has 0 aliphatic rings. The van der Waals surface area contributed by atoms with Crippen LogP contribution in [0, 0.1) is 36.5 Å². The molecule has 0 aliphatic heterocycles. The van der Waals surface area contributed by atoms with Crippen molar-refractivity contribution >= 4 is 62.7 Å². The van der Waals surface area contributed by atoms with Crippen LogP contribution < -0.4 is 21.3 Å². The number of nitriles is 2. The number of carbonyl (C=O) groups is 4. The molecular formula is C38H49BrN12O8. The molecule has 0 bridgehead atoms. The number of halogens is 1. The fraction of sp³-hybridized carbons (Fsp3) is 0.421. The molecule has 20 nitrogen and oxygen atoms in total. The highest BCUT2D eigenvalue weighted by Crippen LogP contribution is 2.18. The zero-order valence-electron chi connectivity index (χ0n) is 34.4. The SMILES string of the molecule is CC(C)(C)OC(=O)Nc1cn[nH]c1.Cc1cc(NC(=O)[C@@](C)(O)CBr)cnc1C#N.Cc1cc(NC(=O)[C@@](C)(O)Cn2cc(NC(=O)OC(C)(C)C)cn2)cnc1C#N. The summed E-state index contributed by atoms with van der Waals surface area (Å²) in [6, 6.07) is 7.11. The number of aromatic nitrogens is 6. The first kappa shape index (κ1) is 48.7. The van der Waals surface area contributed by atoms with Crippen LogP contribution in [0.1, 0.15) is 77.9 Å². The van der Waals surface area contributed by atoms with Crippen molar-refractivity contribution in [2.75, 3.05) is 26.6 Å². The largest absolute Gasteiger partial charge is 0.444 e. The van der Waals surface area contributed by atoms with Crippen molar-refractivity contribution in [3.8, 4) is 12.1 Å². The second-order valence-corrected chi connectivity index (χ2v) is 15.8. The maximum atomic E-state index is 12.5. The zero-order chi connectivity index (χ0) is 44.8. The molecule has 0 aliphatic carbocycles. The molecule has 316 valence electrons. The molecule has 0 radical (unpaired) electrons. The van der Waals surface area contributed by atoms with Gasteiger partial charge in [0.2, 0.25) is 0 Å². The maximum Gasteiger partial charge on any atom is 0.412 e. The summed E-state index contributed by atoms with van der Waals surface area (Å²) in [6.45, 7) is 16.7. The highest BCUT2D eigenvalue weighted by Gasteiger charge is 2.32. The number of H-pyrrole nitrogens is 1. The van der Waals surface area contributed by atoms with E-state index in [1.165, 1.54) is 49.5 Å². The van der Waals surface area contributed by atoms with Crippen molar-refractivity contribution in [3.63, 3.8) is 0 Å². The van der Waals surface area contributed by atoms with Gasteiger partial charge in [0.05, 0.1) is 54.1 Å². The predicted molar refractivity (Wildman–Crippen MR) is 220 cm³/mol. The lowest BCUT2D eigenvalue weighted by Crippen LogP contribution is -2.43. The lowest BCUT2D eigenvalue weighted by molar-refractivity contribution is -0.133. The number of ether oxygens (including phenoxy) is 2. The van der Waals surface area contributed by atoms with E-state index in [2.05, 4.69) is 62.5 Å². The second-order valence-electron chi connectivity index (χ2n) is 15.3. The molecule has 7 N–H and O–H groups in total.